The molecule has 0 N–H and O–H groups in total. The zero-order valence-corrected chi connectivity index (χ0v) is 27.2. The molecule has 261 valence electrons. The summed E-state index contributed by atoms with van der Waals surface area (Å²) < 4.78 is 162. The van der Waals surface area contributed by atoms with Crippen LogP contribution in [0.15, 0.2) is 66.9 Å². The maximum Gasteiger partial charge on any atom is 0.416 e. The molecule has 0 aliphatic carbocycles. The summed E-state index contributed by atoms with van der Waals surface area (Å²) in [5.41, 5.74) is -7.99. The van der Waals surface area contributed by atoms with Crippen molar-refractivity contribution in [3.8, 4) is 22.3 Å². The van der Waals surface area contributed by atoms with Crippen LogP contribution in [0.4, 0.5) is 52.7 Å². The molecule has 0 unspecified atom stereocenters. The zero-order chi connectivity index (χ0) is 37.7. The molecule has 5 aromatic rings. The van der Waals surface area contributed by atoms with Gasteiger partial charge in [0.05, 0.1) is 33.3 Å². The predicted molar refractivity (Wildman–Crippen MR) is 150 cm³/mol. The van der Waals surface area contributed by atoms with Gasteiger partial charge in [0, 0.05) is 37.4 Å². The Bertz CT molecular complexity index is 1890. The standard InChI is InChI=1S/C28H11ClF12N2.3CO.Re/c29-22-11-21(13-7-16(27(36,37)38)10-17(8-13)28(39,40)41)20-2-1-19-18(3-4-42-23(19)24(20)43-22)12-5-14(25(30,31)32)9-15(6-12)26(33,34)35;3*1-2;/h1-11H;;;;. The van der Waals surface area contributed by atoms with Crippen molar-refractivity contribution in [1.29, 1.82) is 0 Å². The summed E-state index contributed by atoms with van der Waals surface area (Å²) in [5, 5.41) is -0.427. The predicted octanol–water partition coefficient (Wildman–Crippen LogP) is 9.65. The molecule has 0 fully saturated rings. The molecule has 19 heteroatoms. The second-order valence-corrected chi connectivity index (χ2v) is 9.69. The van der Waals surface area contributed by atoms with Crippen molar-refractivity contribution in [2.75, 3.05) is 0 Å². The van der Waals surface area contributed by atoms with Gasteiger partial charge in [0.25, 0.3) is 20.4 Å². The third-order valence-electron chi connectivity index (χ3n) is 6.46. The average Bonchev–Trinajstić information content (AvgIpc) is 3.04. The average molecular weight is 909 g/mol. The van der Waals surface area contributed by atoms with Gasteiger partial charge in [-0.25, -0.2) is 4.98 Å². The fraction of sp³-hybridized carbons (Fsp3) is 0.129. The van der Waals surface area contributed by atoms with Gasteiger partial charge < -0.3 is 0 Å². The number of aromatic nitrogens is 2. The van der Waals surface area contributed by atoms with Crippen LogP contribution in [-0.4, -0.2) is 30.3 Å². The largest absolute Gasteiger partial charge is 0.416 e. The van der Waals surface area contributed by atoms with Gasteiger partial charge in [-0.2, -0.15) is 52.7 Å². The van der Waals surface area contributed by atoms with Gasteiger partial charge in [-0.05, 0) is 70.8 Å². The van der Waals surface area contributed by atoms with E-state index in [4.69, 9.17) is 26.0 Å². The molecule has 0 saturated heterocycles. The molecule has 0 aliphatic rings. The van der Waals surface area contributed by atoms with Crippen LogP contribution in [0.2, 0.25) is 5.15 Å². The SMILES string of the molecule is FC(F)(F)c1cc(-c2ccnc3c2ccc2c(-c4cc(C(F)(F)F)cc(C(F)(F)F)c4)cc(Cl)nc23)cc(C(F)(F)F)c1.[C]=O.[C]=O.[C]=O.[Re]. The number of benzene rings is 3. The number of fused-ring (bicyclic) bond motifs is 3. The molecule has 5 rings (SSSR count). The van der Waals surface area contributed by atoms with Crippen molar-refractivity contribution in [2.45, 2.75) is 24.7 Å². The minimum absolute atomic E-state index is 0. The molecular weight excluding hydrogens is 898 g/mol. The second kappa shape index (κ2) is 16.5. The van der Waals surface area contributed by atoms with E-state index in [1.807, 2.05) is 0 Å². The van der Waals surface area contributed by atoms with Crippen molar-refractivity contribution in [2.24, 2.45) is 0 Å². The fourth-order valence-corrected chi connectivity index (χ4v) is 4.78. The summed E-state index contributed by atoms with van der Waals surface area (Å²) >= 11 is 6.10. The Morgan fingerprint density at radius 2 is 0.820 bits per heavy atom. The number of rotatable bonds is 2. The Labute approximate surface area is 291 Å². The van der Waals surface area contributed by atoms with E-state index in [1.165, 1.54) is 12.1 Å². The minimum atomic E-state index is -5.15. The van der Waals surface area contributed by atoms with Crippen molar-refractivity contribution >= 4 is 53.8 Å². The normalized spacial score (nSPS) is 11.6. The summed E-state index contributed by atoms with van der Waals surface area (Å²) in [7, 11) is 0. The maximum absolute atomic E-state index is 13.5. The van der Waals surface area contributed by atoms with Crippen LogP contribution in [0.5, 0.6) is 0 Å². The van der Waals surface area contributed by atoms with Crippen LogP contribution in [0.1, 0.15) is 22.3 Å². The minimum Gasteiger partial charge on any atom is -0.281 e. The number of hydrogen-bond donors (Lipinski definition) is 0. The smallest absolute Gasteiger partial charge is 0.281 e. The summed E-state index contributed by atoms with van der Waals surface area (Å²) in [6.07, 6.45) is -19.5. The zero-order valence-electron chi connectivity index (χ0n) is 23.8. The van der Waals surface area contributed by atoms with Gasteiger partial charge in [-0.15, -0.1) is 0 Å². The summed E-state index contributed by atoms with van der Waals surface area (Å²) in [4.78, 5) is 30.7. The first kappa shape index (κ1) is 43.6. The number of halogens is 13. The third-order valence-corrected chi connectivity index (χ3v) is 6.65. The molecular formula is C31H11ClF12N2O3Re. The van der Waals surface area contributed by atoms with E-state index in [2.05, 4.69) is 30.3 Å². The summed E-state index contributed by atoms with van der Waals surface area (Å²) in [6.45, 7) is 13.5. The Morgan fingerprint density at radius 3 is 1.18 bits per heavy atom. The van der Waals surface area contributed by atoms with Gasteiger partial charge >= 0.3 is 24.7 Å². The van der Waals surface area contributed by atoms with Crippen LogP contribution < -0.4 is 0 Å². The molecule has 7 radical (unpaired) electrons. The molecule has 0 amide bonds. The van der Waals surface area contributed by atoms with Gasteiger partial charge in [-0.1, -0.05) is 23.7 Å². The topological polar surface area (TPSA) is 77.0 Å². The molecule has 50 heavy (non-hydrogen) atoms. The van der Waals surface area contributed by atoms with Gasteiger partial charge in [-0.3, -0.25) is 19.4 Å². The second-order valence-electron chi connectivity index (χ2n) is 9.30. The Hall–Kier alpha value is -4.40. The molecule has 0 atom stereocenters. The molecule has 0 aliphatic heterocycles. The molecule has 2 heterocycles. The van der Waals surface area contributed by atoms with E-state index in [1.54, 1.807) is 0 Å². The summed E-state index contributed by atoms with van der Waals surface area (Å²) in [6, 6.07) is 6.47. The first-order chi connectivity index (χ1) is 22.7. The van der Waals surface area contributed by atoms with Crippen LogP contribution >= 0.6 is 11.6 Å². The van der Waals surface area contributed by atoms with E-state index in [0.29, 0.717) is 24.3 Å². The van der Waals surface area contributed by atoms with Crippen molar-refractivity contribution < 1.29 is 87.5 Å². The fourth-order valence-electron chi connectivity index (χ4n) is 4.58. The first-order valence-electron chi connectivity index (χ1n) is 12.3. The van der Waals surface area contributed by atoms with Crippen LogP contribution in [0.25, 0.3) is 44.1 Å². The van der Waals surface area contributed by atoms with E-state index in [9.17, 15) is 52.7 Å². The molecule has 0 saturated carbocycles. The number of pyridine rings is 2. The molecule has 2 aromatic heterocycles. The quantitative estimate of drug-likeness (QED) is 0.100. The van der Waals surface area contributed by atoms with Crippen LogP contribution in [0, 0.1) is 0 Å². The number of hydrogen-bond acceptors (Lipinski definition) is 5. The van der Waals surface area contributed by atoms with E-state index in [0.717, 1.165) is 18.3 Å². The first-order valence-corrected chi connectivity index (χ1v) is 12.7. The van der Waals surface area contributed by atoms with Crippen molar-refractivity contribution in [3.63, 3.8) is 0 Å². The Balaban J connectivity index is 0.00000169. The number of carbonyl (C=O) groups excluding carboxylic acids is 3. The third kappa shape index (κ3) is 9.64. The molecule has 5 nitrogen and oxygen atoms in total. The number of nitrogens with zero attached hydrogens (tertiary/aromatic N) is 2. The van der Waals surface area contributed by atoms with Crippen molar-refractivity contribution in [1.82, 2.24) is 9.97 Å². The maximum atomic E-state index is 13.5. The monoisotopic (exact) mass is 909 g/mol. The van der Waals surface area contributed by atoms with Crippen LogP contribution in [0.3, 0.4) is 0 Å². The van der Waals surface area contributed by atoms with Crippen molar-refractivity contribution in [3.05, 3.63) is 94.3 Å². The Kier molecular flexibility index (Phi) is 14.4. The molecule has 0 bridgehead atoms. The Morgan fingerprint density at radius 1 is 0.480 bits per heavy atom. The van der Waals surface area contributed by atoms with Crippen LogP contribution in [-0.2, 0) is 59.5 Å². The summed E-state index contributed by atoms with van der Waals surface area (Å²) in [5.74, 6) is 0. The molecule has 0 spiro atoms. The number of alkyl halides is 12. The van der Waals surface area contributed by atoms with Gasteiger partial charge in [0.2, 0.25) is 0 Å². The van der Waals surface area contributed by atoms with E-state index >= 15 is 0 Å². The van der Waals surface area contributed by atoms with Gasteiger partial charge in [0.15, 0.2) is 0 Å². The van der Waals surface area contributed by atoms with E-state index in [-0.39, 0.29) is 70.6 Å². The molecule has 3 aromatic carbocycles. The van der Waals surface area contributed by atoms with Gasteiger partial charge in [0.1, 0.15) is 5.15 Å². The van der Waals surface area contributed by atoms with E-state index < -0.39 is 58.1 Å².